The first-order valence-electron chi connectivity index (χ1n) is 9.34. The first kappa shape index (κ1) is 17.6. The smallest absolute Gasteiger partial charge is 0.236 e. The highest BCUT2D eigenvalue weighted by atomic mass is 32.2. The summed E-state index contributed by atoms with van der Waals surface area (Å²) in [6.07, 6.45) is 4.50. The molecule has 1 aliphatic rings. The molecule has 0 spiro atoms. The fraction of sp³-hybridized carbons (Fsp3) is 0.300. The molecule has 0 saturated carbocycles. The van der Waals surface area contributed by atoms with Gasteiger partial charge in [0.1, 0.15) is 0 Å². The van der Waals surface area contributed by atoms with Crippen LogP contribution in [-0.4, -0.2) is 31.2 Å². The van der Waals surface area contributed by atoms with Gasteiger partial charge in [0.15, 0.2) is 15.9 Å². The van der Waals surface area contributed by atoms with Gasteiger partial charge in [0.25, 0.3) is 0 Å². The number of thioether (sulfide) groups is 1. The molecule has 0 fully saturated rings. The summed E-state index contributed by atoms with van der Waals surface area (Å²) in [5.41, 5.74) is 4.17. The number of rotatable bonds is 4. The predicted molar refractivity (Wildman–Crippen MR) is 113 cm³/mol. The minimum absolute atomic E-state index is 0.0655. The van der Waals surface area contributed by atoms with Crippen LogP contribution in [0.25, 0.3) is 16.6 Å². The summed E-state index contributed by atoms with van der Waals surface area (Å²) >= 11 is 3.00. The Morgan fingerprint density at radius 3 is 3.00 bits per heavy atom. The van der Waals surface area contributed by atoms with Gasteiger partial charge in [-0.2, -0.15) is 0 Å². The van der Waals surface area contributed by atoms with E-state index in [1.807, 2.05) is 22.6 Å². The van der Waals surface area contributed by atoms with E-state index in [-0.39, 0.29) is 11.7 Å². The van der Waals surface area contributed by atoms with Gasteiger partial charge in [-0.3, -0.25) is 9.20 Å². The molecule has 1 aliphatic carbocycles. The Hall–Kier alpha value is -2.45. The second-order valence-corrected chi connectivity index (χ2v) is 8.98. The average molecular weight is 410 g/mol. The van der Waals surface area contributed by atoms with Gasteiger partial charge in [0, 0.05) is 10.3 Å². The molecule has 1 amide bonds. The molecular weight excluding hydrogens is 390 g/mol. The van der Waals surface area contributed by atoms with Crippen LogP contribution in [0.5, 0.6) is 0 Å². The summed E-state index contributed by atoms with van der Waals surface area (Å²) in [5.74, 6) is 0.206. The Labute approximate surface area is 170 Å². The molecule has 0 unspecified atom stereocenters. The van der Waals surface area contributed by atoms with Crippen LogP contribution in [0.4, 0.5) is 5.13 Å². The molecule has 0 atom stereocenters. The van der Waals surface area contributed by atoms with E-state index in [2.05, 4.69) is 39.6 Å². The van der Waals surface area contributed by atoms with Crippen molar-refractivity contribution in [1.29, 1.82) is 0 Å². The van der Waals surface area contributed by atoms with Crippen molar-refractivity contribution in [2.24, 2.45) is 0 Å². The molecule has 28 heavy (non-hydrogen) atoms. The SMILES string of the molecule is Cc1cc2nnc(SCC(=O)Nc3nc4c(s3)CCCC4)n2c2ccccc12. The zero-order chi connectivity index (χ0) is 19.1. The highest BCUT2D eigenvalue weighted by Gasteiger charge is 2.17. The van der Waals surface area contributed by atoms with E-state index in [1.54, 1.807) is 11.3 Å². The van der Waals surface area contributed by atoms with Crippen molar-refractivity contribution in [2.75, 3.05) is 11.1 Å². The van der Waals surface area contributed by atoms with E-state index in [0.29, 0.717) is 5.13 Å². The topological polar surface area (TPSA) is 72.2 Å². The third-order valence-corrected chi connectivity index (χ3v) is 7.00. The van der Waals surface area contributed by atoms with Crippen molar-refractivity contribution in [2.45, 2.75) is 37.8 Å². The number of amides is 1. The van der Waals surface area contributed by atoms with Gasteiger partial charge >= 0.3 is 0 Å². The van der Waals surface area contributed by atoms with Crippen LogP contribution in [0.1, 0.15) is 29.0 Å². The number of benzene rings is 1. The van der Waals surface area contributed by atoms with Crippen LogP contribution in [0.3, 0.4) is 0 Å². The molecule has 3 heterocycles. The van der Waals surface area contributed by atoms with E-state index < -0.39 is 0 Å². The molecule has 5 rings (SSSR count). The number of carbonyl (C=O) groups is 1. The monoisotopic (exact) mass is 409 g/mol. The maximum absolute atomic E-state index is 12.5. The van der Waals surface area contributed by atoms with Crippen LogP contribution in [0, 0.1) is 6.92 Å². The number of aromatic nitrogens is 4. The van der Waals surface area contributed by atoms with Crippen molar-refractivity contribution in [3.63, 3.8) is 0 Å². The number of para-hydroxylation sites is 1. The molecule has 8 heteroatoms. The van der Waals surface area contributed by atoms with E-state index in [0.717, 1.165) is 45.8 Å². The summed E-state index contributed by atoms with van der Waals surface area (Å²) < 4.78 is 2.02. The molecule has 3 aromatic heterocycles. The van der Waals surface area contributed by atoms with Crippen molar-refractivity contribution >= 4 is 50.7 Å². The number of carbonyl (C=O) groups excluding carboxylic acids is 1. The maximum Gasteiger partial charge on any atom is 0.236 e. The summed E-state index contributed by atoms with van der Waals surface area (Å²) in [6, 6.07) is 10.2. The summed E-state index contributed by atoms with van der Waals surface area (Å²) in [4.78, 5) is 18.4. The Balaban J connectivity index is 1.35. The minimum atomic E-state index is -0.0655. The lowest BCUT2D eigenvalue weighted by Gasteiger charge is -2.07. The fourth-order valence-electron chi connectivity index (χ4n) is 3.66. The van der Waals surface area contributed by atoms with Crippen molar-refractivity contribution in [1.82, 2.24) is 19.6 Å². The average Bonchev–Trinajstić information content (AvgIpc) is 3.30. The molecular formula is C20H19N5OS2. The van der Waals surface area contributed by atoms with Crippen LogP contribution in [-0.2, 0) is 17.6 Å². The molecule has 1 aromatic carbocycles. The molecule has 142 valence electrons. The van der Waals surface area contributed by atoms with Gasteiger partial charge in [-0.15, -0.1) is 21.5 Å². The Morgan fingerprint density at radius 2 is 2.11 bits per heavy atom. The second kappa shape index (κ2) is 7.18. The highest BCUT2D eigenvalue weighted by Crippen LogP contribution is 2.30. The van der Waals surface area contributed by atoms with E-state index in [4.69, 9.17) is 0 Å². The number of nitrogens with one attached hydrogen (secondary N) is 1. The number of thiazole rings is 1. The summed E-state index contributed by atoms with van der Waals surface area (Å²) in [7, 11) is 0. The van der Waals surface area contributed by atoms with Crippen molar-refractivity contribution < 1.29 is 4.79 Å². The molecule has 0 radical (unpaired) electrons. The van der Waals surface area contributed by atoms with Crippen LogP contribution in [0.2, 0.25) is 0 Å². The van der Waals surface area contributed by atoms with Gasteiger partial charge in [0.05, 0.1) is 17.0 Å². The molecule has 0 aliphatic heterocycles. The number of nitrogens with zero attached hydrogens (tertiary/aromatic N) is 4. The number of hydrogen-bond donors (Lipinski definition) is 1. The van der Waals surface area contributed by atoms with E-state index in [9.17, 15) is 4.79 Å². The largest absolute Gasteiger partial charge is 0.301 e. The third-order valence-electron chi connectivity index (χ3n) is 5.00. The third kappa shape index (κ3) is 3.16. The summed E-state index contributed by atoms with van der Waals surface area (Å²) in [5, 5.41) is 14.1. The van der Waals surface area contributed by atoms with Crippen LogP contribution < -0.4 is 5.32 Å². The van der Waals surface area contributed by atoms with E-state index >= 15 is 0 Å². The van der Waals surface area contributed by atoms with Crippen molar-refractivity contribution in [3.8, 4) is 0 Å². The lowest BCUT2D eigenvalue weighted by Crippen LogP contribution is -2.14. The standard InChI is InChI=1S/C20H19N5OS2/c1-12-10-17-23-24-20(25(17)15-8-4-2-6-13(12)15)27-11-18(26)22-19-21-14-7-3-5-9-16(14)28-19/h2,4,6,8,10H,3,5,7,9,11H2,1H3,(H,21,22,26). The summed E-state index contributed by atoms with van der Waals surface area (Å²) in [6.45, 7) is 2.07. The number of pyridine rings is 1. The fourth-order valence-corrected chi connectivity index (χ4v) is 5.48. The van der Waals surface area contributed by atoms with E-state index in [1.165, 1.54) is 29.5 Å². The number of aryl methyl sites for hydroxylation is 3. The maximum atomic E-state index is 12.5. The lowest BCUT2D eigenvalue weighted by molar-refractivity contribution is -0.113. The Morgan fingerprint density at radius 1 is 1.25 bits per heavy atom. The van der Waals surface area contributed by atoms with Gasteiger partial charge in [0.2, 0.25) is 5.91 Å². The Kier molecular flexibility index (Phi) is 4.52. The quantitative estimate of drug-likeness (QED) is 0.510. The Bertz CT molecular complexity index is 1170. The predicted octanol–water partition coefficient (Wildman–Crippen LogP) is 4.26. The molecule has 0 saturated heterocycles. The van der Waals surface area contributed by atoms with Gasteiger partial charge in [-0.05, 0) is 50.3 Å². The van der Waals surface area contributed by atoms with Gasteiger partial charge in [-0.25, -0.2) is 4.98 Å². The normalized spacial score (nSPS) is 13.8. The molecule has 6 nitrogen and oxygen atoms in total. The zero-order valence-corrected chi connectivity index (χ0v) is 17.1. The number of anilines is 1. The van der Waals surface area contributed by atoms with Gasteiger partial charge in [-0.1, -0.05) is 30.0 Å². The lowest BCUT2D eigenvalue weighted by atomic mass is 10.0. The van der Waals surface area contributed by atoms with Crippen LogP contribution in [0.15, 0.2) is 35.5 Å². The minimum Gasteiger partial charge on any atom is -0.301 e. The zero-order valence-electron chi connectivity index (χ0n) is 15.4. The number of hydrogen-bond acceptors (Lipinski definition) is 6. The van der Waals surface area contributed by atoms with Crippen LogP contribution >= 0.6 is 23.1 Å². The molecule has 0 bridgehead atoms. The molecule has 4 aromatic rings. The highest BCUT2D eigenvalue weighted by molar-refractivity contribution is 7.99. The van der Waals surface area contributed by atoms with Gasteiger partial charge < -0.3 is 5.32 Å². The first-order valence-corrected chi connectivity index (χ1v) is 11.1. The molecule has 1 N–H and O–H groups in total. The van der Waals surface area contributed by atoms with Crippen molar-refractivity contribution in [3.05, 3.63) is 46.5 Å². The second-order valence-electron chi connectivity index (χ2n) is 6.95. The number of fused-ring (bicyclic) bond motifs is 4. The first-order chi connectivity index (χ1) is 13.7.